The van der Waals surface area contributed by atoms with Crippen LogP contribution in [0.15, 0.2) is 78.9 Å². The average Bonchev–Trinajstić information content (AvgIpc) is 2.92. The van der Waals surface area contributed by atoms with Crippen LogP contribution in [0.1, 0.15) is 26.3 Å². The summed E-state index contributed by atoms with van der Waals surface area (Å²) in [6.07, 6.45) is -0.688. The van der Waals surface area contributed by atoms with Gasteiger partial charge in [-0.3, -0.25) is 14.4 Å². The van der Waals surface area contributed by atoms with Crippen LogP contribution in [0, 0.1) is 0 Å². The number of para-hydroxylation sites is 2. The highest BCUT2D eigenvalue weighted by molar-refractivity contribution is 6.09. The normalized spacial score (nSPS) is 17.2. The first-order chi connectivity index (χ1) is 16.6. The van der Waals surface area contributed by atoms with E-state index in [1.54, 1.807) is 52.3 Å². The summed E-state index contributed by atoms with van der Waals surface area (Å²) in [5.74, 6) is 0.874. The average molecular weight is 456 g/mol. The molecule has 1 fully saturated rings. The Balaban J connectivity index is 1.17. The molecule has 1 atom stereocenters. The van der Waals surface area contributed by atoms with Crippen molar-refractivity contribution < 1.29 is 23.9 Å². The Morgan fingerprint density at radius 2 is 1.21 bits per heavy atom. The first kappa shape index (κ1) is 21.7. The van der Waals surface area contributed by atoms with E-state index in [0.717, 1.165) is 0 Å². The minimum atomic E-state index is -0.688. The molecule has 2 heterocycles. The molecule has 0 N–H and O–H groups in total. The summed E-state index contributed by atoms with van der Waals surface area (Å²) in [6.45, 7) is 1.88. The number of amides is 2. The van der Waals surface area contributed by atoms with Crippen molar-refractivity contribution in [1.82, 2.24) is 9.80 Å². The molecule has 7 nitrogen and oxygen atoms in total. The van der Waals surface area contributed by atoms with Crippen molar-refractivity contribution in [2.75, 3.05) is 32.8 Å². The summed E-state index contributed by atoms with van der Waals surface area (Å²) in [7, 11) is 0. The van der Waals surface area contributed by atoms with Gasteiger partial charge >= 0.3 is 0 Å². The molecule has 0 radical (unpaired) electrons. The zero-order chi connectivity index (χ0) is 23.5. The molecule has 0 saturated carbocycles. The van der Waals surface area contributed by atoms with Crippen LogP contribution in [0.4, 0.5) is 0 Å². The Bertz CT molecular complexity index is 1200. The Hall–Kier alpha value is -4.13. The summed E-state index contributed by atoms with van der Waals surface area (Å²) >= 11 is 0. The number of carbonyl (C=O) groups is 3. The quantitative estimate of drug-likeness (QED) is 0.564. The first-order valence-electron chi connectivity index (χ1n) is 11.3. The fourth-order valence-corrected chi connectivity index (χ4v) is 4.18. The third-order valence-electron chi connectivity index (χ3n) is 6.09. The van der Waals surface area contributed by atoms with Gasteiger partial charge < -0.3 is 19.3 Å². The molecule has 1 saturated heterocycles. The lowest BCUT2D eigenvalue weighted by Crippen LogP contribution is -2.55. The van der Waals surface area contributed by atoms with Crippen LogP contribution < -0.4 is 9.47 Å². The Morgan fingerprint density at radius 1 is 0.647 bits per heavy atom. The highest BCUT2D eigenvalue weighted by Crippen LogP contribution is 2.31. The first-order valence-corrected chi connectivity index (χ1v) is 11.3. The monoisotopic (exact) mass is 456 g/mol. The molecule has 0 aliphatic carbocycles. The van der Waals surface area contributed by atoms with Crippen LogP contribution >= 0.6 is 0 Å². The Morgan fingerprint density at radius 3 is 1.91 bits per heavy atom. The molecule has 7 heteroatoms. The molecule has 1 unspecified atom stereocenters. The van der Waals surface area contributed by atoms with Crippen molar-refractivity contribution in [2.45, 2.75) is 6.10 Å². The van der Waals surface area contributed by atoms with E-state index in [1.165, 1.54) is 0 Å². The fourth-order valence-electron chi connectivity index (χ4n) is 4.18. The van der Waals surface area contributed by atoms with E-state index >= 15 is 0 Å². The van der Waals surface area contributed by atoms with Gasteiger partial charge in [0.25, 0.3) is 11.8 Å². The summed E-state index contributed by atoms with van der Waals surface area (Å²) in [5.41, 5.74) is 1.66. The topological polar surface area (TPSA) is 76.2 Å². The van der Waals surface area contributed by atoms with Gasteiger partial charge in [0.2, 0.25) is 6.10 Å². The van der Waals surface area contributed by atoms with E-state index in [0.29, 0.717) is 54.4 Å². The van der Waals surface area contributed by atoms with Gasteiger partial charge in [-0.15, -0.1) is 0 Å². The maximum Gasteiger partial charge on any atom is 0.267 e. The van der Waals surface area contributed by atoms with E-state index in [1.807, 2.05) is 36.4 Å². The van der Waals surface area contributed by atoms with Gasteiger partial charge in [-0.25, -0.2) is 0 Å². The third-order valence-corrected chi connectivity index (χ3v) is 6.09. The lowest BCUT2D eigenvalue weighted by atomic mass is 10.0. The minimum Gasteiger partial charge on any atom is -0.485 e. The molecule has 2 amide bonds. The number of fused-ring (bicyclic) bond motifs is 1. The fraction of sp³-hybridized carbons (Fsp3) is 0.222. The summed E-state index contributed by atoms with van der Waals surface area (Å²) in [5, 5.41) is 0. The van der Waals surface area contributed by atoms with Crippen LogP contribution in [-0.2, 0) is 4.79 Å². The minimum absolute atomic E-state index is 0.0803. The number of ketones is 1. The predicted molar refractivity (Wildman–Crippen MR) is 125 cm³/mol. The molecule has 2 aliphatic rings. The maximum atomic E-state index is 13.0. The van der Waals surface area contributed by atoms with Crippen molar-refractivity contribution in [3.05, 3.63) is 95.6 Å². The zero-order valence-corrected chi connectivity index (χ0v) is 18.6. The standard InChI is InChI=1S/C27H24N2O5/c30-25(19-6-2-1-3-7-19)20-10-12-21(13-11-20)26(31)28-14-16-29(17-15-28)27(32)24-18-33-22-8-4-5-9-23(22)34-24/h1-13,24H,14-18H2. The highest BCUT2D eigenvalue weighted by Gasteiger charge is 2.33. The summed E-state index contributed by atoms with van der Waals surface area (Å²) < 4.78 is 11.5. The van der Waals surface area contributed by atoms with Gasteiger partial charge in [0, 0.05) is 42.9 Å². The summed E-state index contributed by atoms with van der Waals surface area (Å²) in [6, 6.07) is 23.1. The highest BCUT2D eigenvalue weighted by atomic mass is 16.6. The molecular formula is C27H24N2O5. The second kappa shape index (κ2) is 9.39. The molecule has 3 aromatic carbocycles. The van der Waals surface area contributed by atoms with Crippen LogP contribution in [0.3, 0.4) is 0 Å². The van der Waals surface area contributed by atoms with Gasteiger partial charge in [0.15, 0.2) is 17.3 Å². The third kappa shape index (κ3) is 4.37. The Labute approximate surface area is 197 Å². The van der Waals surface area contributed by atoms with Gasteiger partial charge in [0.1, 0.15) is 6.61 Å². The van der Waals surface area contributed by atoms with Crippen molar-refractivity contribution in [3.63, 3.8) is 0 Å². The van der Waals surface area contributed by atoms with E-state index in [9.17, 15) is 14.4 Å². The van der Waals surface area contributed by atoms with Crippen LogP contribution in [0.2, 0.25) is 0 Å². The number of hydrogen-bond donors (Lipinski definition) is 0. The molecule has 2 aliphatic heterocycles. The lowest BCUT2D eigenvalue weighted by molar-refractivity contribution is -0.142. The lowest BCUT2D eigenvalue weighted by Gasteiger charge is -2.37. The number of nitrogens with zero attached hydrogens (tertiary/aromatic N) is 2. The smallest absolute Gasteiger partial charge is 0.267 e. The summed E-state index contributed by atoms with van der Waals surface area (Å²) in [4.78, 5) is 41.9. The largest absolute Gasteiger partial charge is 0.485 e. The number of hydrogen-bond acceptors (Lipinski definition) is 5. The van der Waals surface area contributed by atoms with Crippen molar-refractivity contribution in [3.8, 4) is 11.5 Å². The van der Waals surface area contributed by atoms with E-state index in [-0.39, 0.29) is 24.2 Å². The van der Waals surface area contributed by atoms with Crippen LogP contribution in [0.5, 0.6) is 11.5 Å². The maximum absolute atomic E-state index is 13.0. The molecular weight excluding hydrogens is 432 g/mol. The number of benzene rings is 3. The van der Waals surface area contributed by atoms with Crippen LogP contribution in [0.25, 0.3) is 0 Å². The molecule has 0 aromatic heterocycles. The number of ether oxygens (including phenoxy) is 2. The van der Waals surface area contributed by atoms with E-state index in [2.05, 4.69) is 0 Å². The number of piperazine rings is 1. The van der Waals surface area contributed by atoms with Gasteiger partial charge in [0.05, 0.1) is 0 Å². The number of carbonyl (C=O) groups excluding carboxylic acids is 3. The molecule has 0 bridgehead atoms. The Kier molecular flexibility index (Phi) is 5.99. The second-order valence-electron chi connectivity index (χ2n) is 8.25. The zero-order valence-electron chi connectivity index (χ0n) is 18.6. The molecule has 172 valence electrons. The van der Waals surface area contributed by atoms with Gasteiger partial charge in [-0.1, -0.05) is 54.6 Å². The van der Waals surface area contributed by atoms with Gasteiger partial charge in [-0.05, 0) is 24.3 Å². The van der Waals surface area contributed by atoms with E-state index in [4.69, 9.17) is 9.47 Å². The molecule has 34 heavy (non-hydrogen) atoms. The SMILES string of the molecule is O=C(c1ccccc1)c1ccc(C(=O)N2CCN(C(=O)C3COc4ccccc4O3)CC2)cc1. The second-order valence-corrected chi connectivity index (χ2v) is 8.25. The predicted octanol–water partition coefficient (Wildman–Crippen LogP) is 3.04. The van der Waals surface area contributed by atoms with E-state index < -0.39 is 6.10 Å². The van der Waals surface area contributed by atoms with Crippen LogP contribution in [-0.4, -0.2) is 66.3 Å². The van der Waals surface area contributed by atoms with Crippen molar-refractivity contribution >= 4 is 17.6 Å². The molecule has 0 spiro atoms. The van der Waals surface area contributed by atoms with Crippen molar-refractivity contribution in [2.24, 2.45) is 0 Å². The molecule has 5 rings (SSSR count). The van der Waals surface area contributed by atoms with Crippen molar-refractivity contribution in [1.29, 1.82) is 0 Å². The molecule has 3 aromatic rings. The number of rotatable bonds is 4. The van der Waals surface area contributed by atoms with Gasteiger partial charge in [-0.2, -0.15) is 0 Å².